The molecule has 8 aliphatic rings. The van der Waals surface area contributed by atoms with Crippen LogP contribution in [0, 0.1) is 34.5 Å². The summed E-state index contributed by atoms with van der Waals surface area (Å²) in [6.07, 6.45) is 3.22. The molecule has 5 aliphatic heterocycles. The zero-order chi connectivity index (χ0) is 26.8. The average molecular weight is 527 g/mol. The molecule has 0 aromatic heterocycles. The molecule has 0 radical (unpaired) electrons. The van der Waals surface area contributed by atoms with E-state index in [2.05, 4.69) is 0 Å². The Labute approximate surface area is 218 Å². The first kappa shape index (κ1) is 23.5. The monoisotopic (exact) mass is 526 g/mol. The molecule has 0 amide bonds. The molecule has 38 heavy (non-hydrogen) atoms. The number of aliphatic hydroxyl groups excluding tert-OH is 1. The lowest BCUT2D eigenvalue weighted by molar-refractivity contribution is -0.376. The van der Waals surface area contributed by atoms with E-state index < -0.39 is 87.0 Å². The molecule has 3 unspecified atom stereocenters. The summed E-state index contributed by atoms with van der Waals surface area (Å²) in [5, 5.41) is 23.7. The van der Waals surface area contributed by atoms with Crippen LogP contribution in [0.2, 0.25) is 0 Å². The van der Waals surface area contributed by atoms with Crippen molar-refractivity contribution < 1.29 is 48.3 Å². The summed E-state index contributed by atoms with van der Waals surface area (Å²) in [6, 6.07) is 0. The van der Waals surface area contributed by atoms with E-state index in [1.54, 1.807) is 26.0 Å². The third-order valence-corrected chi connectivity index (χ3v) is 12.0. The molecule has 10 heteroatoms. The maximum atomic E-state index is 14.9. The second kappa shape index (κ2) is 6.32. The van der Waals surface area contributed by atoms with Gasteiger partial charge in [-0.2, -0.15) is 0 Å². The first-order valence-corrected chi connectivity index (χ1v) is 13.5. The SMILES string of the molecule is C[C@]12C(=O)C=CC=C1[C@@H](O)CC1C2CC[C@@]2(O)C(=O)O[C@@]3(C)[C@H]4C[C@@]5(C)C6C(=O)[C@]1(OC[C@H]5C(=O)O4)O[C@]623. The van der Waals surface area contributed by atoms with Crippen LogP contribution in [0.1, 0.15) is 46.5 Å². The quantitative estimate of drug-likeness (QED) is 0.429. The lowest BCUT2D eigenvalue weighted by Gasteiger charge is -2.63. The molecule has 10 nitrogen and oxygen atoms in total. The summed E-state index contributed by atoms with van der Waals surface area (Å²) in [5.41, 5.74) is -7.44. The van der Waals surface area contributed by atoms with Gasteiger partial charge in [0.15, 0.2) is 28.4 Å². The van der Waals surface area contributed by atoms with Gasteiger partial charge in [0.05, 0.1) is 30.0 Å². The zero-order valence-corrected chi connectivity index (χ0v) is 21.4. The first-order valence-electron chi connectivity index (χ1n) is 13.5. The van der Waals surface area contributed by atoms with Crippen LogP contribution in [0.3, 0.4) is 0 Å². The summed E-state index contributed by atoms with van der Waals surface area (Å²) >= 11 is 0. The van der Waals surface area contributed by atoms with Crippen molar-refractivity contribution >= 4 is 23.5 Å². The van der Waals surface area contributed by atoms with Crippen LogP contribution in [0.4, 0.5) is 0 Å². The van der Waals surface area contributed by atoms with E-state index in [9.17, 15) is 29.4 Å². The van der Waals surface area contributed by atoms with Gasteiger partial charge in [0.25, 0.3) is 0 Å². The van der Waals surface area contributed by atoms with Crippen LogP contribution in [-0.4, -0.2) is 75.1 Å². The smallest absolute Gasteiger partial charge is 0.342 e. The molecule has 8 rings (SSSR count). The maximum Gasteiger partial charge on any atom is 0.342 e. The van der Waals surface area contributed by atoms with E-state index in [1.807, 2.05) is 6.92 Å². The summed E-state index contributed by atoms with van der Waals surface area (Å²) in [5.74, 6) is -7.45. The molecule has 202 valence electrons. The van der Waals surface area contributed by atoms with Crippen LogP contribution >= 0.6 is 0 Å². The number of rotatable bonds is 0. The van der Waals surface area contributed by atoms with Gasteiger partial charge in [0, 0.05) is 5.92 Å². The number of fused-ring (bicyclic) bond motifs is 5. The summed E-state index contributed by atoms with van der Waals surface area (Å²) in [7, 11) is 0. The van der Waals surface area contributed by atoms with Crippen molar-refractivity contribution in [3.05, 3.63) is 23.8 Å². The fourth-order valence-corrected chi connectivity index (χ4v) is 10.1. The number of ketones is 2. The van der Waals surface area contributed by atoms with Crippen molar-refractivity contribution in [1.82, 2.24) is 0 Å². The topological polar surface area (TPSA) is 146 Å². The van der Waals surface area contributed by atoms with Gasteiger partial charge in [-0.15, -0.1) is 0 Å². The highest BCUT2D eigenvalue weighted by atomic mass is 16.8. The number of ether oxygens (including phenoxy) is 4. The Morgan fingerprint density at radius 3 is 2.61 bits per heavy atom. The fourth-order valence-electron chi connectivity index (χ4n) is 10.1. The molecule has 0 aromatic carbocycles. The summed E-state index contributed by atoms with van der Waals surface area (Å²) < 4.78 is 25.0. The average Bonchev–Trinajstić information content (AvgIpc) is 3.17. The second-order valence-electron chi connectivity index (χ2n) is 13.2. The van der Waals surface area contributed by atoms with Crippen LogP contribution in [0.15, 0.2) is 23.8 Å². The minimum absolute atomic E-state index is 0.0843. The molecular weight excluding hydrogens is 496 g/mol. The Morgan fingerprint density at radius 2 is 1.84 bits per heavy atom. The molecule has 2 N–H and O–H groups in total. The Morgan fingerprint density at radius 1 is 1.08 bits per heavy atom. The van der Waals surface area contributed by atoms with Crippen LogP contribution < -0.4 is 0 Å². The predicted octanol–water partition coefficient (Wildman–Crippen LogP) is 0.528. The molecule has 5 heterocycles. The summed E-state index contributed by atoms with van der Waals surface area (Å²) in [4.78, 5) is 55.3. The molecular formula is C28H30O10. The third-order valence-electron chi connectivity index (χ3n) is 12.0. The van der Waals surface area contributed by atoms with E-state index >= 15 is 0 Å². The van der Waals surface area contributed by atoms with E-state index in [0.717, 1.165) is 0 Å². The molecule has 7 fully saturated rings. The lowest BCUT2D eigenvalue weighted by Crippen LogP contribution is -2.79. The Kier molecular flexibility index (Phi) is 3.91. The second-order valence-corrected chi connectivity index (χ2v) is 13.2. The number of hydrogen-bond donors (Lipinski definition) is 2. The van der Waals surface area contributed by atoms with Gasteiger partial charge in [-0.25, -0.2) is 4.79 Å². The van der Waals surface area contributed by atoms with E-state index in [0.29, 0.717) is 5.57 Å². The minimum Gasteiger partial charge on any atom is -0.458 e. The molecule has 3 aliphatic carbocycles. The van der Waals surface area contributed by atoms with Crippen LogP contribution in [0.25, 0.3) is 0 Å². The Bertz CT molecular complexity index is 1330. The number of allylic oxidation sites excluding steroid dienone is 3. The number of aliphatic hydroxyl groups is 2. The number of carbonyl (C=O) groups excluding carboxylic acids is 4. The molecule has 2 spiro atoms. The van der Waals surface area contributed by atoms with Crippen LogP contribution in [0.5, 0.6) is 0 Å². The van der Waals surface area contributed by atoms with E-state index in [4.69, 9.17) is 18.9 Å². The van der Waals surface area contributed by atoms with Crippen molar-refractivity contribution in [3.63, 3.8) is 0 Å². The van der Waals surface area contributed by atoms with E-state index in [1.165, 1.54) is 6.08 Å². The highest BCUT2D eigenvalue weighted by molar-refractivity contribution is 6.01. The highest BCUT2D eigenvalue weighted by Crippen LogP contribution is 2.75. The Hall–Kier alpha value is -2.40. The molecule has 5 bridgehead atoms. The van der Waals surface area contributed by atoms with Crippen molar-refractivity contribution in [2.75, 3.05) is 6.61 Å². The zero-order valence-electron chi connectivity index (χ0n) is 21.4. The van der Waals surface area contributed by atoms with Crippen molar-refractivity contribution in [3.8, 4) is 0 Å². The first-order chi connectivity index (χ1) is 17.8. The van der Waals surface area contributed by atoms with Gasteiger partial charge in [-0.1, -0.05) is 19.1 Å². The van der Waals surface area contributed by atoms with Gasteiger partial charge < -0.3 is 29.2 Å². The van der Waals surface area contributed by atoms with Gasteiger partial charge in [0.1, 0.15) is 6.10 Å². The van der Waals surface area contributed by atoms with Gasteiger partial charge in [-0.3, -0.25) is 14.4 Å². The molecule has 12 atom stereocenters. The number of carbonyl (C=O) groups is 4. The third kappa shape index (κ3) is 2.00. The molecule has 2 saturated carbocycles. The van der Waals surface area contributed by atoms with Crippen LogP contribution in [-0.2, 0) is 38.1 Å². The minimum atomic E-state index is -2.24. The number of Topliss-reactive ketones (excluding diaryl/α,β-unsaturated/α-hetero) is 1. The highest BCUT2D eigenvalue weighted by Gasteiger charge is 2.93. The lowest BCUT2D eigenvalue weighted by atomic mass is 9.46. The standard InChI is InChI=1S/C28H30O10/c1-23-10-18-25(3)28-19(23)20(31)27(38-28,35-11-15(23)21(32)36-18)14-9-16(29)13-5-4-6-17(30)24(13,2)12(14)7-8-26(28,34)22(33)37-25/h4-6,12,14-16,18-19,29,34H,7-11H2,1-3H3/t12?,14?,15-,16-,18+,19?,23+,24+,25-,26+,27+,28-/m0/s1. The van der Waals surface area contributed by atoms with E-state index in [-0.39, 0.29) is 38.1 Å². The predicted molar refractivity (Wildman–Crippen MR) is 124 cm³/mol. The number of esters is 2. The van der Waals surface area contributed by atoms with Crippen molar-refractivity contribution in [2.45, 2.75) is 81.3 Å². The normalized spacial score (nSPS) is 59.2. The summed E-state index contributed by atoms with van der Waals surface area (Å²) in [6.45, 7) is 4.98. The maximum absolute atomic E-state index is 14.9. The van der Waals surface area contributed by atoms with Crippen molar-refractivity contribution in [1.29, 1.82) is 0 Å². The fraction of sp³-hybridized carbons (Fsp3) is 0.714. The molecule has 0 aromatic rings. The number of hydrogen-bond acceptors (Lipinski definition) is 10. The van der Waals surface area contributed by atoms with Crippen molar-refractivity contribution in [2.24, 2.45) is 34.5 Å². The largest absolute Gasteiger partial charge is 0.458 e. The Balaban J connectivity index is 1.43. The van der Waals surface area contributed by atoms with Gasteiger partial charge in [0.2, 0.25) is 5.79 Å². The molecule has 5 saturated heterocycles. The van der Waals surface area contributed by atoms with Gasteiger partial charge >= 0.3 is 11.9 Å². The van der Waals surface area contributed by atoms with Gasteiger partial charge in [-0.05, 0) is 62.5 Å².